The summed E-state index contributed by atoms with van der Waals surface area (Å²) in [5, 5.41) is 0. The molecule has 0 bridgehead atoms. The van der Waals surface area contributed by atoms with Crippen molar-refractivity contribution in [2.24, 2.45) is 5.73 Å². The predicted molar refractivity (Wildman–Crippen MR) is 82.4 cm³/mol. The highest BCUT2D eigenvalue weighted by Crippen LogP contribution is 2.43. The number of methoxy groups -OCH3 is 3. The number of benzene rings is 1. The smallest absolute Gasteiger partial charge is 0.161 e. The molecule has 2 rings (SSSR count). The average Bonchev–Trinajstić information content (AvgIpc) is 2.42. The van der Waals surface area contributed by atoms with E-state index in [1.807, 2.05) is 12.1 Å². The van der Waals surface area contributed by atoms with Crippen LogP contribution in [0.25, 0.3) is 0 Å². The van der Waals surface area contributed by atoms with Crippen molar-refractivity contribution in [2.45, 2.75) is 37.3 Å². The fourth-order valence-electron chi connectivity index (χ4n) is 2.73. The van der Waals surface area contributed by atoms with E-state index in [1.54, 1.807) is 21.3 Å². The number of hydrogen-bond donors (Lipinski definition) is 1. The monoisotopic (exact) mass is 343 g/mol. The molecule has 1 atom stereocenters. The SMILES string of the molecule is COc1cc(Br)c(C(N)CC2(OC)CCC2)cc1OC. The molecule has 1 fully saturated rings. The van der Waals surface area contributed by atoms with Gasteiger partial charge in [0.05, 0.1) is 19.8 Å². The van der Waals surface area contributed by atoms with Crippen molar-refractivity contribution in [3.8, 4) is 11.5 Å². The Balaban J connectivity index is 2.23. The van der Waals surface area contributed by atoms with Crippen molar-refractivity contribution >= 4 is 15.9 Å². The Morgan fingerprint density at radius 1 is 1.20 bits per heavy atom. The van der Waals surface area contributed by atoms with Crippen LogP contribution >= 0.6 is 15.9 Å². The minimum atomic E-state index is -0.0931. The van der Waals surface area contributed by atoms with Crippen molar-refractivity contribution in [2.75, 3.05) is 21.3 Å². The van der Waals surface area contributed by atoms with Crippen LogP contribution in [-0.4, -0.2) is 26.9 Å². The number of nitrogens with two attached hydrogens (primary N) is 1. The predicted octanol–water partition coefficient (Wildman–Crippen LogP) is 3.43. The molecule has 1 unspecified atom stereocenters. The Kier molecular flexibility index (Phi) is 4.94. The summed E-state index contributed by atoms with van der Waals surface area (Å²) in [5.41, 5.74) is 7.35. The minimum Gasteiger partial charge on any atom is -0.493 e. The lowest BCUT2D eigenvalue weighted by atomic mass is 9.75. The van der Waals surface area contributed by atoms with Gasteiger partial charge in [-0.3, -0.25) is 0 Å². The van der Waals surface area contributed by atoms with Gasteiger partial charge in [-0.15, -0.1) is 0 Å². The fourth-order valence-corrected chi connectivity index (χ4v) is 3.34. The first-order valence-electron chi connectivity index (χ1n) is 6.77. The summed E-state index contributed by atoms with van der Waals surface area (Å²) in [5.74, 6) is 1.39. The number of ether oxygens (including phenoxy) is 3. The molecule has 1 aromatic carbocycles. The van der Waals surface area contributed by atoms with Crippen molar-refractivity contribution < 1.29 is 14.2 Å². The number of halogens is 1. The first-order valence-corrected chi connectivity index (χ1v) is 7.56. The highest BCUT2D eigenvalue weighted by atomic mass is 79.9. The van der Waals surface area contributed by atoms with E-state index in [0.29, 0.717) is 11.5 Å². The van der Waals surface area contributed by atoms with E-state index in [9.17, 15) is 0 Å². The van der Waals surface area contributed by atoms with E-state index in [0.717, 1.165) is 29.3 Å². The second kappa shape index (κ2) is 6.33. The van der Waals surface area contributed by atoms with Crippen molar-refractivity contribution in [3.05, 3.63) is 22.2 Å². The Labute approximate surface area is 128 Å². The summed E-state index contributed by atoms with van der Waals surface area (Å²) in [7, 11) is 5.03. The normalized spacial score (nSPS) is 18.2. The maximum absolute atomic E-state index is 6.38. The molecule has 0 heterocycles. The molecule has 1 aliphatic carbocycles. The van der Waals surface area contributed by atoms with Gasteiger partial charge < -0.3 is 19.9 Å². The lowest BCUT2D eigenvalue weighted by Gasteiger charge is -2.42. The summed E-state index contributed by atoms with van der Waals surface area (Å²) >= 11 is 3.56. The molecule has 112 valence electrons. The van der Waals surface area contributed by atoms with Gasteiger partial charge in [0.25, 0.3) is 0 Å². The average molecular weight is 344 g/mol. The molecule has 0 amide bonds. The molecule has 1 aromatic rings. The van der Waals surface area contributed by atoms with Crippen LogP contribution in [0, 0.1) is 0 Å². The summed E-state index contributed by atoms with van der Waals surface area (Å²) in [4.78, 5) is 0. The molecule has 0 radical (unpaired) electrons. The Morgan fingerprint density at radius 2 is 1.80 bits per heavy atom. The van der Waals surface area contributed by atoms with E-state index in [-0.39, 0.29) is 11.6 Å². The molecule has 0 saturated heterocycles. The summed E-state index contributed by atoms with van der Waals surface area (Å²) < 4.78 is 17.2. The highest BCUT2D eigenvalue weighted by Gasteiger charge is 2.39. The minimum absolute atomic E-state index is 0.0496. The first kappa shape index (κ1) is 15.6. The van der Waals surface area contributed by atoms with Gasteiger partial charge in [-0.1, -0.05) is 15.9 Å². The van der Waals surface area contributed by atoms with E-state index in [1.165, 1.54) is 6.42 Å². The van der Waals surface area contributed by atoms with Crippen molar-refractivity contribution in [3.63, 3.8) is 0 Å². The van der Waals surface area contributed by atoms with Crippen LogP contribution in [0.2, 0.25) is 0 Å². The third kappa shape index (κ3) is 2.95. The van der Waals surface area contributed by atoms with Crippen LogP contribution < -0.4 is 15.2 Å². The van der Waals surface area contributed by atoms with E-state index >= 15 is 0 Å². The third-order valence-corrected chi connectivity index (χ3v) is 4.88. The van der Waals surface area contributed by atoms with Crippen LogP contribution in [-0.2, 0) is 4.74 Å². The molecule has 4 nitrogen and oxygen atoms in total. The van der Waals surface area contributed by atoms with E-state index < -0.39 is 0 Å². The third-order valence-electron chi connectivity index (χ3n) is 4.19. The van der Waals surface area contributed by atoms with Gasteiger partial charge in [-0.2, -0.15) is 0 Å². The van der Waals surface area contributed by atoms with Crippen LogP contribution in [0.4, 0.5) is 0 Å². The zero-order valence-electron chi connectivity index (χ0n) is 12.2. The van der Waals surface area contributed by atoms with Gasteiger partial charge in [0.15, 0.2) is 11.5 Å². The van der Waals surface area contributed by atoms with Crippen LogP contribution in [0.5, 0.6) is 11.5 Å². The summed E-state index contributed by atoms with van der Waals surface area (Å²) in [6.45, 7) is 0. The second-order valence-electron chi connectivity index (χ2n) is 5.28. The lowest BCUT2D eigenvalue weighted by Crippen LogP contribution is -2.41. The van der Waals surface area contributed by atoms with E-state index in [2.05, 4.69) is 15.9 Å². The molecule has 20 heavy (non-hydrogen) atoms. The van der Waals surface area contributed by atoms with Crippen LogP contribution in [0.1, 0.15) is 37.3 Å². The quantitative estimate of drug-likeness (QED) is 0.859. The second-order valence-corrected chi connectivity index (χ2v) is 6.13. The Hall–Kier alpha value is -0.780. The fraction of sp³-hybridized carbons (Fsp3) is 0.600. The molecule has 0 spiro atoms. The highest BCUT2D eigenvalue weighted by molar-refractivity contribution is 9.10. The van der Waals surface area contributed by atoms with Crippen LogP contribution in [0.3, 0.4) is 0 Å². The standard InChI is InChI=1S/C15H22BrNO3/c1-18-13-7-10(11(16)8-14(13)19-2)12(17)9-15(20-3)5-4-6-15/h7-8,12H,4-6,9,17H2,1-3H3. The maximum Gasteiger partial charge on any atom is 0.161 e. The Morgan fingerprint density at radius 3 is 2.25 bits per heavy atom. The maximum atomic E-state index is 6.38. The zero-order chi connectivity index (χ0) is 14.8. The largest absolute Gasteiger partial charge is 0.493 e. The van der Waals surface area contributed by atoms with Crippen LogP contribution in [0.15, 0.2) is 16.6 Å². The van der Waals surface area contributed by atoms with E-state index in [4.69, 9.17) is 19.9 Å². The molecule has 2 N–H and O–H groups in total. The first-order chi connectivity index (χ1) is 9.55. The Bertz CT molecular complexity index is 469. The molecular formula is C15H22BrNO3. The molecule has 5 heteroatoms. The van der Waals surface area contributed by atoms with Crippen molar-refractivity contribution in [1.82, 2.24) is 0 Å². The van der Waals surface area contributed by atoms with Gasteiger partial charge in [0.2, 0.25) is 0 Å². The van der Waals surface area contributed by atoms with Gasteiger partial charge in [-0.25, -0.2) is 0 Å². The number of rotatable bonds is 6. The molecule has 1 aliphatic rings. The topological polar surface area (TPSA) is 53.7 Å². The molecule has 0 aromatic heterocycles. The molecule has 1 saturated carbocycles. The number of hydrogen-bond acceptors (Lipinski definition) is 4. The van der Waals surface area contributed by atoms with Gasteiger partial charge >= 0.3 is 0 Å². The molecule has 0 aliphatic heterocycles. The van der Waals surface area contributed by atoms with Crippen molar-refractivity contribution in [1.29, 1.82) is 0 Å². The molecular weight excluding hydrogens is 322 g/mol. The summed E-state index contributed by atoms with van der Waals surface area (Å²) in [6, 6.07) is 3.74. The lowest BCUT2D eigenvalue weighted by molar-refractivity contribution is -0.0817. The van der Waals surface area contributed by atoms with Gasteiger partial charge in [0.1, 0.15) is 0 Å². The van der Waals surface area contributed by atoms with Gasteiger partial charge in [0, 0.05) is 17.6 Å². The van der Waals surface area contributed by atoms with Gasteiger partial charge in [-0.05, 0) is 43.4 Å². The summed E-state index contributed by atoms with van der Waals surface area (Å²) in [6.07, 6.45) is 4.20. The zero-order valence-corrected chi connectivity index (χ0v) is 13.8.